The molecule has 0 spiro atoms. The van der Waals surface area contributed by atoms with Crippen molar-refractivity contribution < 1.29 is 14.3 Å². The molecule has 1 aliphatic heterocycles. The topological polar surface area (TPSA) is 61.6 Å². The molecule has 1 atom stereocenters. The summed E-state index contributed by atoms with van der Waals surface area (Å²) < 4.78 is 11.3. The van der Waals surface area contributed by atoms with Gasteiger partial charge in [0.05, 0.1) is 11.6 Å². The fourth-order valence-electron chi connectivity index (χ4n) is 3.30. The highest BCUT2D eigenvalue weighted by atomic mass is 35.5. The first-order valence-corrected chi connectivity index (χ1v) is 8.57. The smallest absolute Gasteiger partial charge is 0.405 e. The maximum absolute atomic E-state index is 11.3. The molecule has 3 rings (SSSR count). The fraction of sp³-hybridized carbons (Fsp3) is 0.350. The van der Waals surface area contributed by atoms with E-state index < -0.39 is 12.2 Å². The summed E-state index contributed by atoms with van der Waals surface area (Å²) in [5.41, 5.74) is 9.82. The first-order valence-electron chi connectivity index (χ1n) is 8.19. The molecule has 2 N–H and O–H groups in total. The second-order valence-corrected chi connectivity index (χ2v) is 7.67. The molecule has 4 nitrogen and oxygen atoms in total. The third-order valence-electron chi connectivity index (χ3n) is 4.55. The lowest BCUT2D eigenvalue weighted by Gasteiger charge is -2.38. The van der Waals surface area contributed by atoms with E-state index in [1.165, 1.54) is 0 Å². The minimum atomic E-state index is -0.785. The van der Waals surface area contributed by atoms with Gasteiger partial charge in [0.2, 0.25) is 0 Å². The summed E-state index contributed by atoms with van der Waals surface area (Å²) in [5.74, 6) is 0.693. The number of benzene rings is 2. The molecule has 0 saturated carbocycles. The van der Waals surface area contributed by atoms with Crippen LogP contribution in [0.15, 0.2) is 30.3 Å². The molecule has 5 heteroatoms. The molecule has 2 aromatic carbocycles. The summed E-state index contributed by atoms with van der Waals surface area (Å²) in [4.78, 5) is 11.3. The Balaban J connectivity index is 2.08. The van der Waals surface area contributed by atoms with Gasteiger partial charge in [-0.2, -0.15) is 0 Å². The summed E-state index contributed by atoms with van der Waals surface area (Å²) in [6.45, 7) is 8.44. The summed E-state index contributed by atoms with van der Waals surface area (Å²) >= 11 is 6.50. The Morgan fingerprint density at radius 1 is 1.28 bits per heavy atom. The van der Waals surface area contributed by atoms with Crippen molar-refractivity contribution in [2.75, 3.05) is 6.61 Å². The van der Waals surface area contributed by atoms with Crippen molar-refractivity contribution >= 4 is 17.7 Å². The number of halogens is 1. The number of nitrogens with two attached hydrogens (primary N) is 1. The molecule has 0 radical (unpaired) electrons. The van der Waals surface area contributed by atoms with Gasteiger partial charge in [0.15, 0.2) is 0 Å². The number of hydrogen-bond acceptors (Lipinski definition) is 3. The van der Waals surface area contributed by atoms with Crippen LogP contribution in [0.4, 0.5) is 4.79 Å². The van der Waals surface area contributed by atoms with Crippen LogP contribution < -0.4 is 10.5 Å². The number of carbonyl (C=O) groups excluding carboxylic acids is 1. The van der Waals surface area contributed by atoms with E-state index in [9.17, 15) is 4.79 Å². The average molecular weight is 360 g/mol. The van der Waals surface area contributed by atoms with Crippen LogP contribution in [0.2, 0.25) is 5.02 Å². The van der Waals surface area contributed by atoms with Crippen LogP contribution in [0.5, 0.6) is 5.75 Å². The van der Waals surface area contributed by atoms with E-state index >= 15 is 0 Å². The fourth-order valence-corrected chi connectivity index (χ4v) is 3.52. The predicted molar refractivity (Wildman–Crippen MR) is 99.0 cm³/mol. The van der Waals surface area contributed by atoms with Crippen LogP contribution in [0, 0.1) is 19.3 Å². The van der Waals surface area contributed by atoms with Gasteiger partial charge in [-0.3, -0.25) is 0 Å². The molecule has 0 aromatic heterocycles. The van der Waals surface area contributed by atoms with Crippen molar-refractivity contribution in [2.45, 2.75) is 33.8 Å². The zero-order valence-corrected chi connectivity index (χ0v) is 15.6. The molecule has 1 unspecified atom stereocenters. The Labute approximate surface area is 152 Å². The van der Waals surface area contributed by atoms with Crippen molar-refractivity contribution in [3.8, 4) is 16.9 Å². The highest BCUT2D eigenvalue weighted by Crippen LogP contribution is 2.46. The number of fused-ring (bicyclic) bond motifs is 1. The molecule has 1 amide bonds. The highest BCUT2D eigenvalue weighted by Gasteiger charge is 2.40. The van der Waals surface area contributed by atoms with Gasteiger partial charge in [-0.15, -0.1) is 0 Å². The quantitative estimate of drug-likeness (QED) is 0.803. The van der Waals surface area contributed by atoms with Gasteiger partial charge in [0.25, 0.3) is 0 Å². The number of aryl methyl sites for hydroxylation is 2. The Bertz CT molecular complexity index is 845. The molecule has 0 fully saturated rings. The van der Waals surface area contributed by atoms with Crippen molar-refractivity contribution in [3.63, 3.8) is 0 Å². The van der Waals surface area contributed by atoms with Gasteiger partial charge in [-0.25, -0.2) is 4.79 Å². The summed E-state index contributed by atoms with van der Waals surface area (Å²) in [7, 11) is 0. The lowest BCUT2D eigenvalue weighted by molar-refractivity contribution is -0.0176. The van der Waals surface area contributed by atoms with E-state index in [1.54, 1.807) is 0 Å². The first-order chi connectivity index (χ1) is 11.7. The third-order valence-corrected chi connectivity index (χ3v) is 5.05. The van der Waals surface area contributed by atoms with E-state index in [4.69, 9.17) is 26.8 Å². The normalized spacial score (nSPS) is 18.2. The van der Waals surface area contributed by atoms with Crippen LogP contribution >= 0.6 is 11.6 Å². The van der Waals surface area contributed by atoms with Crippen molar-refractivity contribution in [3.05, 3.63) is 52.0 Å². The maximum atomic E-state index is 11.3. The molecule has 0 saturated heterocycles. The van der Waals surface area contributed by atoms with Gasteiger partial charge < -0.3 is 15.2 Å². The molecule has 0 aliphatic carbocycles. The Morgan fingerprint density at radius 3 is 2.68 bits per heavy atom. The Hall–Kier alpha value is -2.20. The standard InChI is InChI=1S/C20H22ClNO3/c1-11-7-12(2)17(21)15(8-11)13-5-6-14-16(9-13)24-10-20(3,4)18(14)25-19(22)23/h5-9,18H,10H2,1-4H3,(H2,22,23). The molecular formula is C20H22ClNO3. The van der Waals surface area contributed by atoms with Crippen LogP contribution in [0.3, 0.4) is 0 Å². The number of hydrogen-bond donors (Lipinski definition) is 1. The van der Waals surface area contributed by atoms with Crippen molar-refractivity contribution in [1.82, 2.24) is 0 Å². The second kappa shape index (κ2) is 6.26. The van der Waals surface area contributed by atoms with Crippen molar-refractivity contribution in [1.29, 1.82) is 0 Å². The van der Waals surface area contributed by atoms with Crippen LogP contribution in [-0.4, -0.2) is 12.7 Å². The monoisotopic (exact) mass is 359 g/mol. The number of rotatable bonds is 2. The van der Waals surface area contributed by atoms with E-state index in [-0.39, 0.29) is 5.41 Å². The van der Waals surface area contributed by atoms with Crippen LogP contribution in [0.1, 0.15) is 36.6 Å². The molecule has 25 heavy (non-hydrogen) atoms. The van der Waals surface area contributed by atoms with E-state index in [0.717, 1.165) is 32.8 Å². The van der Waals surface area contributed by atoms with Crippen molar-refractivity contribution in [2.24, 2.45) is 11.1 Å². The zero-order chi connectivity index (χ0) is 18.4. The van der Waals surface area contributed by atoms with E-state index in [0.29, 0.717) is 12.4 Å². The first kappa shape index (κ1) is 17.6. The summed E-state index contributed by atoms with van der Waals surface area (Å²) in [6, 6.07) is 9.96. The predicted octanol–water partition coefficient (Wildman–Crippen LogP) is 5.18. The summed E-state index contributed by atoms with van der Waals surface area (Å²) in [6.07, 6.45) is -1.23. The van der Waals surface area contributed by atoms with E-state index in [2.05, 4.69) is 12.1 Å². The molecule has 132 valence electrons. The van der Waals surface area contributed by atoms with Crippen LogP contribution in [-0.2, 0) is 4.74 Å². The summed E-state index contributed by atoms with van der Waals surface area (Å²) in [5, 5.41) is 0.728. The van der Waals surface area contributed by atoms with Gasteiger partial charge in [0, 0.05) is 16.5 Å². The minimum absolute atomic E-state index is 0.360. The average Bonchev–Trinajstić information content (AvgIpc) is 2.53. The number of carbonyl (C=O) groups is 1. The molecule has 0 bridgehead atoms. The largest absolute Gasteiger partial charge is 0.492 e. The van der Waals surface area contributed by atoms with Gasteiger partial charge >= 0.3 is 6.09 Å². The molecular weight excluding hydrogens is 338 g/mol. The SMILES string of the molecule is Cc1cc(C)c(Cl)c(-c2ccc3c(c2)OCC(C)(C)C3OC(N)=O)c1. The minimum Gasteiger partial charge on any atom is -0.492 e. The molecule has 1 heterocycles. The number of amides is 1. The number of primary amides is 1. The molecule has 1 aliphatic rings. The number of ether oxygens (including phenoxy) is 2. The van der Waals surface area contributed by atoms with Gasteiger partial charge in [-0.1, -0.05) is 49.2 Å². The highest BCUT2D eigenvalue weighted by molar-refractivity contribution is 6.34. The van der Waals surface area contributed by atoms with Gasteiger partial charge in [0.1, 0.15) is 11.9 Å². The van der Waals surface area contributed by atoms with Gasteiger partial charge in [-0.05, 0) is 37.1 Å². The van der Waals surface area contributed by atoms with Crippen LogP contribution in [0.25, 0.3) is 11.1 Å². The second-order valence-electron chi connectivity index (χ2n) is 7.29. The third kappa shape index (κ3) is 3.31. The Morgan fingerprint density at radius 2 is 2.00 bits per heavy atom. The lowest BCUT2D eigenvalue weighted by atomic mass is 9.80. The lowest BCUT2D eigenvalue weighted by Crippen LogP contribution is -2.37. The van der Waals surface area contributed by atoms with E-state index in [1.807, 2.05) is 45.9 Å². The molecule has 2 aromatic rings. The maximum Gasteiger partial charge on any atom is 0.405 e. The Kier molecular flexibility index (Phi) is 4.41. The zero-order valence-electron chi connectivity index (χ0n) is 14.9.